The maximum absolute atomic E-state index is 14.6. The van der Waals surface area contributed by atoms with Gasteiger partial charge in [-0.25, -0.2) is 27.5 Å². The van der Waals surface area contributed by atoms with Crippen molar-refractivity contribution < 1.29 is 17.6 Å². The van der Waals surface area contributed by atoms with Gasteiger partial charge in [0.1, 0.15) is 24.1 Å². The maximum atomic E-state index is 14.6. The zero-order chi connectivity index (χ0) is 22.5. The van der Waals surface area contributed by atoms with Crippen molar-refractivity contribution in [2.75, 3.05) is 12.0 Å². The Morgan fingerprint density at radius 2 is 1.97 bits per heavy atom. The molecule has 4 rings (SSSR count). The summed E-state index contributed by atoms with van der Waals surface area (Å²) in [7, 11) is 0. The number of hydrogen-bond acceptors (Lipinski definition) is 4. The van der Waals surface area contributed by atoms with Crippen LogP contribution in [0.15, 0.2) is 35.3 Å². The monoisotopic (exact) mass is 434 g/mol. The van der Waals surface area contributed by atoms with E-state index in [1.807, 2.05) is 6.92 Å². The second-order valence-electron chi connectivity index (χ2n) is 8.16. The number of rotatable bonds is 6. The van der Waals surface area contributed by atoms with Crippen molar-refractivity contribution in [1.29, 1.82) is 0 Å². The maximum Gasteiger partial charge on any atom is 0.266 e. The Morgan fingerprint density at radius 3 is 2.58 bits per heavy atom. The molecule has 0 bridgehead atoms. The molecule has 31 heavy (non-hydrogen) atoms. The van der Waals surface area contributed by atoms with Crippen LogP contribution in [0.1, 0.15) is 49.7 Å². The van der Waals surface area contributed by atoms with Crippen LogP contribution >= 0.6 is 0 Å². The molecule has 1 aliphatic rings. The summed E-state index contributed by atoms with van der Waals surface area (Å²) in [6.45, 7) is 4.47. The molecule has 1 fully saturated rings. The fourth-order valence-electron chi connectivity index (χ4n) is 4.09. The summed E-state index contributed by atoms with van der Waals surface area (Å²) in [6.07, 6.45) is -0.853. The van der Waals surface area contributed by atoms with Crippen molar-refractivity contribution in [3.63, 3.8) is 0 Å². The van der Waals surface area contributed by atoms with E-state index in [9.17, 15) is 22.4 Å². The lowest BCUT2D eigenvalue weighted by Crippen LogP contribution is -2.32. The number of halogens is 4. The van der Waals surface area contributed by atoms with E-state index in [2.05, 4.69) is 15.3 Å². The Morgan fingerprint density at radius 1 is 1.29 bits per heavy atom. The number of anilines is 1. The first kappa shape index (κ1) is 21.3. The number of aryl methyl sites for hydroxylation is 1. The summed E-state index contributed by atoms with van der Waals surface area (Å²) in [5.41, 5.74) is -1.48. The predicted octanol–water partition coefficient (Wildman–Crippen LogP) is 5.05. The number of nitrogens with zero attached hydrogens (tertiary/aromatic N) is 3. The number of aromatic nitrogens is 3. The second kappa shape index (κ2) is 7.62. The lowest BCUT2D eigenvalue weighted by molar-refractivity contribution is 0.146. The summed E-state index contributed by atoms with van der Waals surface area (Å²) in [6, 6.07) is 4.48. The van der Waals surface area contributed by atoms with Crippen LogP contribution in [0.25, 0.3) is 10.9 Å². The average molecular weight is 434 g/mol. The molecule has 0 radical (unpaired) electrons. The molecule has 3 aromatic rings. The third kappa shape index (κ3) is 3.55. The third-order valence-electron chi connectivity index (χ3n) is 6.08. The Hall–Kier alpha value is -2.97. The van der Waals surface area contributed by atoms with E-state index in [0.29, 0.717) is 29.0 Å². The number of hydrogen-bond donors (Lipinski definition) is 1. The zero-order valence-corrected chi connectivity index (χ0v) is 17.3. The van der Waals surface area contributed by atoms with Crippen LogP contribution in [0.4, 0.5) is 23.4 Å². The number of fused-ring (bicyclic) bond motifs is 1. The van der Waals surface area contributed by atoms with Gasteiger partial charge in [0, 0.05) is 17.8 Å². The highest BCUT2D eigenvalue weighted by Crippen LogP contribution is 2.49. The first-order valence-corrected chi connectivity index (χ1v) is 9.98. The smallest absolute Gasteiger partial charge is 0.266 e. The molecular weight excluding hydrogens is 412 g/mol. The van der Waals surface area contributed by atoms with E-state index >= 15 is 0 Å². The summed E-state index contributed by atoms with van der Waals surface area (Å²) in [5, 5.41) is 3.52. The highest BCUT2D eigenvalue weighted by molar-refractivity contribution is 5.88. The summed E-state index contributed by atoms with van der Waals surface area (Å²) in [5.74, 6) is -0.276. The third-order valence-corrected chi connectivity index (χ3v) is 6.08. The van der Waals surface area contributed by atoms with Gasteiger partial charge in [-0.2, -0.15) is 0 Å². The van der Waals surface area contributed by atoms with Gasteiger partial charge in [0.15, 0.2) is 0 Å². The van der Waals surface area contributed by atoms with Crippen molar-refractivity contribution in [3.05, 3.63) is 63.6 Å². The van der Waals surface area contributed by atoms with Gasteiger partial charge in [-0.1, -0.05) is 25.1 Å². The van der Waals surface area contributed by atoms with E-state index in [0.717, 1.165) is 6.07 Å². The minimum absolute atomic E-state index is 0.0144. The lowest BCUT2D eigenvalue weighted by Gasteiger charge is -2.20. The van der Waals surface area contributed by atoms with Crippen molar-refractivity contribution in [1.82, 2.24) is 14.5 Å². The molecule has 1 aliphatic carbocycles. The van der Waals surface area contributed by atoms with Gasteiger partial charge in [0.05, 0.1) is 28.0 Å². The second-order valence-corrected chi connectivity index (χ2v) is 8.16. The fourth-order valence-corrected chi connectivity index (χ4v) is 4.09. The molecule has 0 aliphatic heterocycles. The minimum atomic E-state index is -2.93. The summed E-state index contributed by atoms with van der Waals surface area (Å²) < 4.78 is 55.9. The largest absolute Gasteiger partial charge is 0.363 e. The van der Waals surface area contributed by atoms with E-state index < -0.39 is 36.1 Å². The molecule has 5 nitrogen and oxygen atoms in total. The van der Waals surface area contributed by atoms with E-state index in [1.54, 1.807) is 13.8 Å². The lowest BCUT2D eigenvalue weighted by atomic mass is 10.0. The zero-order valence-electron chi connectivity index (χ0n) is 17.3. The quantitative estimate of drug-likeness (QED) is 0.552. The van der Waals surface area contributed by atoms with Crippen LogP contribution in [0.2, 0.25) is 0 Å². The Bertz CT molecular complexity index is 1210. The number of alkyl halides is 3. The summed E-state index contributed by atoms with van der Waals surface area (Å²) >= 11 is 0. The Kier molecular flexibility index (Phi) is 5.23. The topological polar surface area (TPSA) is 59.8 Å². The standard InChI is InChI=1S/C22H22F4N4O/c1-11-8-22(11,10-23)30-9-16-17(7-18(30)31)28-13(3)29-21(16)27-12(2)14-5-4-6-15(19(14)24)20(25)26/h4-7,9,11-12,20H,8,10H2,1-3H3,(H,27,28,29)/t11?,12-,22?/m1/s1. The molecule has 9 heteroatoms. The van der Waals surface area contributed by atoms with E-state index in [1.165, 1.54) is 29.0 Å². The van der Waals surface area contributed by atoms with Gasteiger partial charge in [0.2, 0.25) is 0 Å². The normalized spacial score (nSPS) is 21.5. The van der Waals surface area contributed by atoms with E-state index in [-0.39, 0.29) is 17.0 Å². The van der Waals surface area contributed by atoms with Crippen molar-refractivity contribution in [2.24, 2.45) is 5.92 Å². The van der Waals surface area contributed by atoms with Crippen LogP contribution in [0, 0.1) is 18.7 Å². The molecule has 1 aromatic carbocycles. The van der Waals surface area contributed by atoms with Crippen molar-refractivity contribution in [3.8, 4) is 0 Å². The Labute approximate surface area is 176 Å². The highest BCUT2D eigenvalue weighted by Gasteiger charge is 2.53. The molecule has 0 spiro atoms. The van der Waals surface area contributed by atoms with Gasteiger partial charge < -0.3 is 9.88 Å². The number of nitrogens with one attached hydrogen (secondary N) is 1. The first-order valence-electron chi connectivity index (χ1n) is 9.98. The van der Waals surface area contributed by atoms with Gasteiger partial charge in [0.25, 0.3) is 12.0 Å². The molecule has 1 saturated carbocycles. The van der Waals surface area contributed by atoms with Gasteiger partial charge in [-0.05, 0) is 26.2 Å². The molecule has 2 aromatic heterocycles. The average Bonchev–Trinajstić information content (AvgIpc) is 3.38. The number of benzene rings is 1. The number of pyridine rings is 1. The first-order chi connectivity index (χ1) is 14.7. The summed E-state index contributed by atoms with van der Waals surface area (Å²) in [4.78, 5) is 21.3. The molecule has 2 heterocycles. The van der Waals surface area contributed by atoms with Gasteiger partial charge in [-0.3, -0.25) is 4.79 Å². The van der Waals surface area contributed by atoms with Gasteiger partial charge >= 0.3 is 0 Å². The SMILES string of the molecule is Cc1nc(N[C@H](C)c2cccc(C(F)F)c2F)c2cn(C3(CF)CC3C)c(=O)cc2n1. The van der Waals surface area contributed by atoms with Crippen LogP contribution < -0.4 is 10.9 Å². The van der Waals surface area contributed by atoms with Crippen LogP contribution in [0.3, 0.4) is 0 Å². The molecule has 0 saturated heterocycles. The Balaban J connectivity index is 1.79. The van der Waals surface area contributed by atoms with Crippen LogP contribution in [-0.2, 0) is 5.54 Å². The fraction of sp³-hybridized carbons (Fsp3) is 0.409. The van der Waals surface area contributed by atoms with Gasteiger partial charge in [-0.15, -0.1) is 0 Å². The molecule has 1 N–H and O–H groups in total. The van der Waals surface area contributed by atoms with Crippen LogP contribution in [0.5, 0.6) is 0 Å². The highest BCUT2D eigenvalue weighted by atomic mass is 19.3. The molecule has 2 unspecified atom stereocenters. The molecule has 0 amide bonds. The molecule has 164 valence electrons. The predicted molar refractivity (Wildman–Crippen MR) is 110 cm³/mol. The van der Waals surface area contributed by atoms with Crippen molar-refractivity contribution >= 4 is 16.7 Å². The van der Waals surface area contributed by atoms with Crippen LogP contribution in [-0.4, -0.2) is 21.2 Å². The minimum Gasteiger partial charge on any atom is -0.363 e. The van der Waals surface area contributed by atoms with Crippen molar-refractivity contribution in [2.45, 2.75) is 45.2 Å². The van der Waals surface area contributed by atoms with E-state index in [4.69, 9.17) is 0 Å². The molecule has 3 atom stereocenters. The molecular formula is C22H22F4N4O.